The van der Waals surface area contributed by atoms with E-state index in [4.69, 9.17) is 5.73 Å². The minimum absolute atomic E-state index is 0.250. The average molecular weight is 180 g/mol. The molecule has 72 valence electrons. The summed E-state index contributed by atoms with van der Waals surface area (Å²) in [6.45, 7) is 3.72. The maximum atomic E-state index is 5.39. The van der Waals surface area contributed by atoms with E-state index in [0.29, 0.717) is 0 Å². The van der Waals surface area contributed by atoms with E-state index in [1.54, 1.807) is 18.6 Å². The van der Waals surface area contributed by atoms with Gasteiger partial charge in [-0.2, -0.15) is 0 Å². The second-order valence-electron chi connectivity index (χ2n) is 2.95. The SMILES string of the molecule is CC(NCCCN)c1cnccn1. The monoisotopic (exact) mass is 180 g/mol. The first-order chi connectivity index (χ1) is 6.34. The molecular weight excluding hydrogens is 164 g/mol. The van der Waals surface area contributed by atoms with Crippen molar-refractivity contribution in [2.24, 2.45) is 5.73 Å². The molecule has 1 aromatic rings. The number of hydrogen-bond donors (Lipinski definition) is 2. The third kappa shape index (κ3) is 3.48. The van der Waals surface area contributed by atoms with E-state index < -0.39 is 0 Å². The Kier molecular flexibility index (Phi) is 4.35. The highest BCUT2D eigenvalue weighted by Gasteiger charge is 2.03. The third-order valence-electron chi connectivity index (χ3n) is 1.86. The molecule has 3 N–H and O–H groups in total. The van der Waals surface area contributed by atoms with Crippen LogP contribution in [0.1, 0.15) is 25.1 Å². The van der Waals surface area contributed by atoms with Crippen molar-refractivity contribution >= 4 is 0 Å². The van der Waals surface area contributed by atoms with Crippen molar-refractivity contribution in [3.63, 3.8) is 0 Å². The fourth-order valence-corrected chi connectivity index (χ4v) is 1.06. The van der Waals surface area contributed by atoms with Crippen LogP contribution in [0.5, 0.6) is 0 Å². The Morgan fingerprint density at radius 2 is 2.38 bits per heavy atom. The summed E-state index contributed by atoms with van der Waals surface area (Å²) < 4.78 is 0. The zero-order valence-corrected chi connectivity index (χ0v) is 7.90. The predicted molar refractivity (Wildman–Crippen MR) is 52.1 cm³/mol. The molecule has 0 fully saturated rings. The van der Waals surface area contributed by atoms with Crippen LogP contribution in [0.15, 0.2) is 18.6 Å². The summed E-state index contributed by atoms with van der Waals surface area (Å²) in [5, 5.41) is 3.32. The van der Waals surface area contributed by atoms with Crippen LogP contribution in [0.2, 0.25) is 0 Å². The van der Waals surface area contributed by atoms with Crippen molar-refractivity contribution in [2.45, 2.75) is 19.4 Å². The first-order valence-electron chi connectivity index (χ1n) is 4.54. The standard InChI is InChI=1S/C9H16N4/c1-8(12-4-2-3-10)9-7-11-5-6-13-9/h5-8,12H,2-4,10H2,1H3. The van der Waals surface area contributed by atoms with E-state index >= 15 is 0 Å². The molecule has 0 radical (unpaired) electrons. The molecule has 0 saturated carbocycles. The fourth-order valence-electron chi connectivity index (χ4n) is 1.06. The van der Waals surface area contributed by atoms with Crippen LogP contribution in [0.25, 0.3) is 0 Å². The van der Waals surface area contributed by atoms with Crippen LogP contribution < -0.4 is 11.1 Å². The smallest absolute Gasteiger partial charge is 0.0753 e. The van der Waals surface area contributed by atoms with Crippen molar-refractivity contribution < 1.29 is 0 Å². The Hall–Kier alpha value is -1.00. The van der Waals surface area contributed by atoms with E-state index in [-0.39, 0.29) is 6.04 Å². The minimum atomic E-state index is 0.250. The highest BCUT2D eigenvalue weighted by atomic mass is 14.9. The molecule has 13 heavy (non-hydrogen) atoms. The second kappa shape index (κ2) is 5.61. The molecular formula is C9H16N4. The first-order valence-corrected chi connectivity index (χ1v) is 4.54. The summed E-state index contributed by atoms with van der Waals surface area (Å²) >= 11 is 0. The maximum Gasteiger partial charge on any atom is 0.0753 e. The number of nitrogens with one attached hydrogen (secondary N) is 1. The number of nitrogens with zero attached hydrogens (tertiary/aromatic N) is 2. The lowest BCUT2D eigenvalue weighted by Crippen LogP contribution is -2.22. The van der Waals surface area contributed by atoms with E-state index in [1.807, 2.05) is 0 Å². The van der Waals surface area contributed by atoms with Gasteiger partial charge in [0.25, 0.3) is 0 Å². The zero-order valence-electron chi connectivity index (χ0n) is 7.90. The average Bonchev–Trinajstić information content (AvgIpc) is 2.19. The van der Waals surface area contributed by atoms with E-state index in [2.05, 4.69) is 22.2 Å². The van der Waals surface area contributed by atoms with Gasteiger partial charge in [0.05, 0.1) is 5.69 Å². The second-order valence-corrected chi connectivity index (χ2v) is 2.95. The highest BCUT2D eigenvalue weighted by molar-refractivity contribution is 5.00. The van der Waals surface area contributed by atoms with Gasteiger partial charge in [0, 0.05) is 24.6 Å². The predicted octanol–water partition coefficient (Wildman–Crippen LogP) is 0.476. The normalized spacial score (nSPS) is 12.8. The van der Waals surface area contributed by atoms with Crippen molar-refractivity contribution in [3.8, 4) is 0 Å². The lowest BCUT2D eigenvalue weighted by Gasteiger charge is -2.11. The van der Waals surface area contributed by atoms with Gasteiger partial charge in [0.2, 0.25) is 0 Å². The van der Waals surface area contributed by atoms with Crippen molar-refractivity contribution in [2.75, 3.05) is 13.1 Å². The minimum Gasteiger partial charge on any atom is -0.330 e. The van der Waals surface area contributed by atoms with Crippen LogP contribution in [-0.4, -0.2) is 23.1 Å². The van der Waals surface area contributed by atoms with Gasteiger partial charge in [0.15, 0.2) is 0 Å². The van der Waals surface area contributed by atoms with Crippen LogP contribution in [0.3, 0.4) is 0 Å². The van der Waals surface area contributed by atoms with E-state index in [0.717, 1.165) is 25.2 Å². The molecule has 0 aliphatic heterocycles. The van der Waals surface area contributed by atoms with Crippen LogP contribution in [0, 0.1) is 0 Å². The molecule has 1 aromatic heterocycles. The summed E-state index contributed by atoms with van der Waals surface area (Å²) in [6.07, 6.45) is 6.15. The molecule has 0 aliphatic rings. The van der Waals surface area contributed by atoms with Gasteiger partial charge in [-0.3, -0.25) is 9.97 Å². The lowest BCUT2D eigenvalue weighted by atomic mass is 10.2. The van der Waals surface area contributed by atoms with Crippen molar-refractivity contribution in [1.82, 2.24) is 15.3 Å². The van der Waals surface area contributed by atoms with Gasteiger partial charge in [-0.05, 0) is 26.4 Å². The Balaban J connectivity index is 2.35. The molecule has 1 atom stereocenters. The summed E-state index contributed by atoms with van der Waals surface area (Å²) in [6, 6.07) is 0.250. The van der Waals surface area contributed by atoms with Gasteiger partial charge < -0.3 is 11.1 Å². The fraction of sp³-hybridized carbons (Fsp3) is 0.556. The van der Waals surface area contributed by atoms with Gasteiger partial charge in [0.1, 0.15) is 0 Å². The third-order valence-corrected chi connectivity index (χ3v) is 1.86. The molecule has 0 amide bonds. The van der Waals surface area contributed by atoms with Gasteiger partial charge in [-0.25, -0.2) is 0 Å². The van der Waals surface area contributed by atoms with E-state index in [1.165, 1.54) is 0 Å². The van der Waals surface area contributed by atoms with Gasteiger partial charge in [-0.1, -0.05) is 0 Å². The molecule has 0 aromatic carbocycles. The van der Waals surface area contributed by atoms with Gasteiger partial charge in [-0.15, -0.1) is 0 Å². The number of aromatic nitrogens is 2. The van der Waals surface area contributed by atoms with Crippen molar-refractivity contribution in [3.05, 3.63) is 24.3 Å². The molecule has 4 nitrogen and oxygen atoms in total. The lowest BCUT2D eigenvalue weighted by molar-refractivity contribution is 0.548. The molecule has 4 heteroatoms. The molecule has 0 bridgehead atoms. The molecule has 1 heterocycles. The van der Waals surface area contributed by atoms with Gasteiger partial charge >= 0.3 is 0 Å². The Labute approximate surface area is 78.6 Å². The zero-order chi connectivity index (χ0) is 9.52. The van der Waals surface area contributed by atoms with Crippen LogP contribution in [0.4, 0.5) is 0 Å². The van der Waals surface area contributed by atoms with Crippen LogP contribution in [-0.2, 0) is 0 Å². The maximum absolute atomic E-state index is 5.39. The number of nitrogens with two attached hydrogens (primary N) is 1. The summed E-state index contributed by atoms with van der Waals surface area (Å²) in [7, 11) is 0. The molecule has 0 aliphatic carbocycles. The topological polar surface area (TPSA) is 63.8 Å². The summed E-state index contributed by atoms with van der Waals surface area (Å²) in [4.78, 5) is 8.21. The highest BCUT2D eigenvalue weighted by Crippen LogP contribution is 2.05. The molecule has 1 unspecified atom stereocenters. The summed E-state index contributed by atoms with van der Waals surface area (Å²) in [5.41, 5.74) is 6.36. The van der Waals surface area contributed by atoms with E-state index in [9.17, 15) is 0 Å². The largest absolute Gasteiger partial charge is 0.330 e. The number of rotatable bonds is 5. The quantitative estimate of drug-likeness (QED) is 0.647. The van der Waals surface area contributed by atoms with Crippen LogP contribution >= 0.6 is 0 Å². The Bertz CT molecular complexity index is 224. The summed E-state index contributed by atoms with van der Waals surface area (Å²) in [5.74, 6) is 0. The Morgan fingerprint density at radius 1 is 1.54 bits per heavy atom. The van der Waals surface area contributed by atoms with Crippen molar-refractivity contribution in [1.29, 1.82) is 0 Å². The molecule has 0 spiro atoms. The molecule has 0 saturated heterocycles. The first kappa shape index (κ1) is 10.1. The number of hydrogen-bond acceptors (Lipinski definition) is 4. The molecule has 1 rings (SSSR count). The Morgan fingerprint density at radius 3 is 3.00 bits per heavy atom.